The molecule has 7 nitrogen and oxygen atoms in total. The number of morpholine rings is 1. The summed E-state index contributed by atoms with van der Waals surface area (Å²) in [5.74, 6) is 4.75. The van der Waals surface area contributed by atoms with Crippen LogP contribution in [-0.4, -0.2) is 66.9 Å². The molecule has 3 N–H and O–H groups in total. The van der Waals surface area contributed by atoms with Gasteiger partial charge in [0.25, 0.3) is 0 Å². The van der Waals surface area contributed by atoms with E-state index in [1.54, 1.807) is 0 Å². The first-order valence-corrected chi connectivity index (χ1v) is 8.96. The number of ether oxygens (including phenoxy) is 1. The Morgan fingerprint density at radius 2 is 2.04 bits per heavy atom. The minimum atomic E-state index is -0.469. The van der Waals surface area contributed by atoms with Crippen LogP contribution in [0.4, 0.5) is 0 Å². The third kappa shape index (κ3) is 3.39. The molecule has 3 atom stereocenters. The molecule has 0 bridgehead atoms. The molecule has 1 aromatic rings. The van der Waals surface area contributed by atoms with Crippen LogP contribution >= 0.6 is 0 Å². The van der Waals surface area contributed by atoms with E-state index in [0.717, 1.165) is 44.0 Å². The zero-order valence-corrected chi connectivity index (χ0v) is 14.6. The van der Waals surface area contributed by atoms with E-state index in [1.165, 1.54) is 0 Å². The van der Waals surface area contributed by atoms with E-state index >= 15 is 0 Å². The van der Waals surface area contributed by atoms with Crippen molar-refractivity contribution in [1.29, 1.82) is 0 Å². The van der Waals surface area contributed by atoms with Gasteiger partial charge in [0.1, 0.15) is 6.04 Å². The Hall–Kier alpha value is -2.19. The van der Waals surface area contributed by atoms with Crippen molar-refractivity contribution < 1.29 is 14.4 Å². The summed E-state index contributed by atoms with van der Waals surface area (Å²) in [5, 5.41) is 3.34. The largest absolute Gasteiger partial charge is 0.379 e. The Morgan fingerprint density at radius 3 is 2.77 bits per heavy atom. The summed E-state index contributed by atoms with van der Waals surface area (Å²) in [6.45, 7) is 3.93. The van der Waals surface area contributed by atoms with Crippen molar-refractivity contribution in [2.45, 2.75) is 18.2 Å². The van der Waals surface area contributed by atoms with Crippen molar-refractivity contribution in [3.8, 4) is 0 Å². The predicted molar refractivity (Wildman–Crippen MR) is 97.4 cm³/mol. The minimum Gasteiger partial charge on any atom is -0.379 e. The van der Waals surface area contributed by atoms with Gasteiger partial charge in [-0.15, -0.1) is 0 Å². The summed E-state index contributed by atoms with van der Waals surface area (Å²) >= 11 is 0. The number of rotatable bonds is 4. The molecular weight excluding hydrogens is 332 g/mol. The summed E-state index contributed by atoms with van der Waals surface area (Å²) in [7, 11) is 0. The lowest BCUT2D eigenvalue weighted by molar-refractivity contribution is -0.147. The van der Waals surface area contributed by atoms with Crippen molar-refractivity contribution in [1.82, 2.24) is 15.1 Å². The Morgan fingerprint density at radius 1 is 1.27 bits per heavy atom. The molecular formula is C19H24N4O3. The van der Waals surface area contributed by atoms with E-state index in [1.807, 2.05) is 18.2 Å². The van der Waals surface area contributed by atoms with Crippen LogP contribution in [-0.2, 0) is 14.4 Å². The van der Waals surface area contributed by atoms with Gasteiger partial charge in [0.2, 0.25) is 0 Å². The van der Waals surface area contributed by atoms with Crippen LogP contribution in [0.3, 0.4) is 0 Å². The van der Waals surface area contributed by atoms with Gasteiger partial charge in [-0.25, -0.2) is 4.79 Å². The molecule has 0 amide bonds. The number of nitrogens with one attached hydrogen (secondary N) is 1. The van der Waals surface area contributed by atoms with Gasteiger partial charge >= 0.3 is 5.97 Å². The average Bonchev–Trinajstić information content (AvgIpc) is 3.06. The monoisotopic (exact) mass is 356 g/mol. The average molecular weight is 356 g/mol. The fraction of sp³-hybridized carbons (Fsp3) is 0.421. The molecule has 2 fully saturated rings. The van der Waals surface area contributed by atoms with Gasteiger partial charge in [-0.05, 0) is 17.2 Å². The number of hydrogen-bond acceptors (Lipinski definition) is 7. The zero-order valence-electron chi connectivity index (χ0n) is 14.6. The van der Waals surface area contributed by atoms with Crippen LogP contribution in [0.2, 0.25) is 0 Å². The highest BCUT2D eigenvalue weighted by Gasteiger charge is 2.44. The van der Waals surface area contributed by atoms with Crippen molar-refractivity contribution in [3.05, 3.63) is 54.2 Å². The molecule has 138 valence electrons. The van der Waals surface area contributed by atoms with Gasteiger partial charge in [-0.3, -0.25) is 10.2 Å². The van der Waals surface area contributed by atoms with Crippen LogP contribution in [0.5, 0.6) is 0 Å². The maximum absolute atomic E-state index is 12.2. The van der Waals surface area contributed by atoms with E-state index in [-0.39, 0.29) is 12.2 Å². The lowest BCUT2D eigenvalue weighted by atomic mass is 10.0. The first-order chi connectivity index (χ1) is 12.8. The van der Waals surface area contributed by atoms with Crippen LogP contribution in [0.15, 0.2) is 48.7 Å². The third-order valence-corrected chi connectivity index (χ3v) is 5.21. The minimum absolute atomic E-state index is 0.0439. The van der Waals surface area contributed by atoms with Gasteiger partial charge in [0.15, 0.2) is 0 Å². The number of allylic oxidation sites excluding steroid dienone is 2. The highest BCUT2D eigenvalue weighted by atomic mass is 16.7. The molecule has 7 heteroatoms. The van der Waals surface area contributed by atoms with Crippen LogP contribution < -0.4 is 11.2 Å². The molecule has 0 radical (unpaired) electrons. The maximum Gasteiger partial charge on any atom is 0.343 e. The van der Waals surface area contributed by atoms with Gasteiger partial charge in [0.05, 0.1) is 25.4 Å². The molecule has 3 aliphatic heterocycles. The second kappa shape index (κ2) is 7.59. The maximum atomic E-state index is 12.2. The number of benzene rings is 1. The van der Waals surface area contributed by atoms with Crippen LogP contribution in [0, 0.1) is 0 Å². The summed E-state index contributed by atoms with van der Waals surface area (Å²) in [4.78, 5) is 21.3. The van der Waals surface area contributed by atoms with E-state index in [2.05, 4.69) is 50.4 Å². The Labute approximate surface area is 153 Å². The van der Waals surface area contributed by atoms with E-state index in [9.17, 15) is 4.79 Å². The third-order valence-electron chi connectivity index (χ3n) is 5.21. The van der Waals surface area contributed by atoms with Crippen molar-refractivity contribution in [2.24, 2.45) is 5.90 Å². The molecule has 0 spiro atoms. The number of nitrogens with zero attached hydrogens (tertiary/aromatic N) is 2. The highest BCUT2D eigenvalue weighted by Crippen LogP contribution is 2.29. The lowest BCUT2D eigenvalue weighted by Crippen LogP contribution is -2.51. The quantitative estimate of drug-likeness (QED) is 0.752. The van der Waals surface area contributed by atoms with Crippen molar-refractivity contribution >= 4 is 11.5 Å². The SMILES string of the molecule is NOC(=O)C1NC2C=CC(c3ccccc3)=CN2C1CN1CCOCC1. The van der Waals surface area contributed by atoms with Gasteiger partial charge in [-0.1, -0.05) is 36.4 Å². The molecule has 2 saturated heterocycles. The normalized spacial score (nSPS) is 28.6. The van der Waals surface area contributed by atoms with Crippen molar-refractivity contribution in [2.75, 3.05) is 32.8 Å². The molecule has 4 rings (SSSR count). The smallest absolute Gasteiger partial charge is 0.343 e. The Balaban J connectivity index is 1.60. The summed E-state index contributed by atoms with van der Waals surface area (Å²) in [6, 6.07) is 9.70. The second-order valence-electron chi connectivity index (χ2n) is 6.76. The first kappa shape index (κ1) is 17.2. The first-order valence-electron chi connectivity index (χ1n) is 8.96. The topological polar surface area (TPSA) is 80.1 Å². The summed E-state index contributed by atoms with van der Waals surface area (Å²) in [6.07, 6.45) is 6.25. The lowest BCUT2D eigenvalue weighted by Gasteiger charge is -2.35. The fourth-order valence-electron chi connectivity index (χ4n) is 3.84. The van der Waals surface area contributed by atoms with Crippen molar-refractivity contribution in [3.63, 3.8) is 0 Å². The van der Waals surface area contributed by atoms with Gasteiger partial charge in [-0.2, -0.15) is 5.90 Å². The second-order valence-corrected chi connectivity index (χ2v) is 6.76. The number of fused-ring (bicyclic) bond motifs is 1. The number of carbonyl (C=O) groups is 1. The summed E-state index contributed by atoms with van der Waals surface area (Å²) in [5.41, 5.74) is 2.27. The van der Waals surface area contributed by atoms with Gasteiger partial charge in [0, 0.05) is 25.8 Å². The molecule has 3 heterocycles. The number of nitrogens with two attached hydrogens (primary N) is 1. The number of hydrogen-bond donors (Lipinski definition) is 2. The number of carbonyl (C=O) groups excluding carboxylic acids is 1. The van der Waals surface area contributed by atoms with Crippen LogP contribution in [0.1, 0.15) is 5.56 Å². The standard InChI is InChI=1S/C19H24N4O3/c20-26-19(24)18-16(13-22-8-10-25-11-9-22)23-12-15(6-7-17(23)21-18)14-4-2-1-3-5-14/h1-7,12,16-18,21H,8-11,13,20H2. The van der Waals surface area contributed by atoms with E-state index in [0.29, 0.717) is 0 Å². The molecule has 26 heavy (non-hydrogen) atoms. The fourth-order valence-corrected chi connectivity index (χ4v) is 3.84. The zero-order chi connectivity index (χ0) is 17.9. The van der Waals surface area contributed by atoms with E-state index < -0.39 is 12.0 Å². The summed E-state index contributed by atoms with van der Waals surface area (Å²) < 4.78 is 5.44. The van der Waals surface area contributed by atoms with Gasteiger partial charge < -0.3 is 14.5 Å². The predicted octanol–water partition coefficient (Wildman–Crippen LogP) is 0.315. The molecule has 3 aliphatic rings. The Kier molecular flexibility index (Phi) is 5.03. The molecule has 1 aromatic carbocycles. The van der Waals surface area contributed by atoms with E-state index in [4.69, 9.17) is 10.6 Å². The highest BCUT2D eigenvalue weighted by molar-refractivity contribution is 5.79. The molecule has 3 unspecified atom stereocenters. The Bertz CT molecular complexity index is 700. The molecule has 0 aromatic heterocycles. The molecule has 0 aliphatic carbocycles. The molecule has 0 saturated carbocycles. The van der Waals surface area contributed by atoms with Crippen LogP contribution in [0.25, 0.3) is 5.57 Å².